The van der Waals surface area contributed by atoms with Crippen molar-refractivity contribution in [2.75, 3.05) is 26.4 Å². The van der Waals surface area contributed by atoms with Crippen LogP contribution < -0.4 is 0 Å². The van der Waals surface area contributed by atoms with E-state index in [1.807, 2.05) is 182 Å². The number of ketones is 1. The number of aromatic amines is 4. The number of hydrogen-bond acceptors (Lipinski definition) is 27. The molecule has 0 saturated heterocycles. The van der Waals surface area contributed by atoms with E-state index in [-0.39, 0.29) is 58.3 Å². The Bertz CT molecular complexity index is 3900. The standard InChI is InChI=1S/2C28H29N3O5.C9H15N3O5.C9H14N2O5.ClH/c2*1-19(27-29-17-23(30-27)25(34)26(35)24(33)18-32)31-36-28(20-11-5-2-6-12-20,21-13-7-3-8-14-21)22-15-9-4-10-16-22;1-4(12-17)9-10-2-5(11-9)7(15)8(16)6(14)3-13;1-4(13)9-10-2-5(11-9)7(15)8(16)6(14)3-12;/h2*2-17,24-26,32-35H,18H2,1H3,(H,29,30);2,6-8,13-17H,3H2,1H3,(H,10,11);2,6-8,12,14-16H,3H2,1H3,(H,10,11);1H/b2*31-19+;12-4+;;/t2*24-,25-,26-;2*6-,7-,8-;/m1111./s1. The summed E-state index contributed by atoms with van der Waals surface area (Å²) in [6.45, 7) is 3.49. The summed E-state index contributed by atoms with van der Waals surface area (Å²) in [6.07, 6.45) is -12.9. The van der Waals surface area contributed by atoms with Gasteiger partial charge < -0.3 is 117 Å². The van der Waals surface area contributed by atoms with Gasteiger partial charge in [0.2, 0.25) is 11.2 Å². The maximum Gasteiger partial charge on any atom is 0.212 e. The number of carbonyl (C=O) groups is 1. The monoisotopic (exact) mass is 1490 g/mol. The van der Waals surface area contributed by atoms with Gasteiger partial charge in [-0.2, -0.15) is 0 Å². The average Bonchev–Trinajstić information content (AvgIpc) is 1.28. The maximum atomic E-state index is 10.9. The van der Waals surface area contributed by atoms with Crippen molar-refractivity contribution in [3.63, 3.8) is 0 Å². The lowest BCUT2D eigenvalue weighted by molar-refractivity contribution is -0.0788. The van der Waals surface area contributed by atoms with Crippen LogP contribution in [0.5, 0.6) is 0 Å². The smallest absolute Gasteiger partial charge is 0.212 e. The van der Waals surface area contributed by atoms with Gasteiger partial charge in [-0.3, -0.25) is 4.79 Å². The van der Waals surface area contributed by atoms with Crippen LogP contribution in [0.3, 0.4) is 0 Å². The first-order valence-corrected chi connectivity index (χ1v) is 32.7. The molecule has 0 aliphatic rings. The molecule has 12 atom stereocenters. The fraction of sp³-hybridized carbons (Fsp3) is 0.297. The van der Waals surface area contributed by atoms with Crippen molar-refractivity contribution < 1.29 is 101 Å². The lowest BCUT2D eigenvalue weighted by Gasteiger charge is -2.33. The van der Waals surface area contributed by atoms with Crippen LogP contribution in [0.25, 0.3) is 0 Å². The largest absolute Gasteiger partial charge is 0.411 e. The number of halogens is 1. The van der Waals surface area contributed by atoms with Gasteiger partial charge in [-0.25, -0.2) is 19.9 Å². The fourth-order valence-corrected chi connectivity index (χ4v) is 10.4. The number of Topliss-reactive ketones (excluding diaryl/α,β-unsaturated/α-hetero) is 1. The molecule has 106 heavy (non-hydrogen) atoms. The van der Waals surface area contributed by atoms with Gasteiger partial charge in [-0.1, -0.05) is 197 Å². The van der Waals surface area contributed by atoms with Gasteiger partial charge in [0.25, 0.3) is 0 Å². The Morgan fingerprint density at radius 2 is 0.547 bits per heavy atom. The first-order valence-electron chi connectivity index (χ1n) is 32.7. The Kier molecular flexibility index (Phi) is 32.8. The summed E-state index contributed by atoms with van der Waals surface area (Å²) in [4.78, 5) is 50.7. The second-order valence-electron chi connectivity index (χ2n) is 23.8. The summed E-state index contributed by atoms with van der Waals surface area (Å²) >= 11 is 0. The van der Waals surface area contributed by atoms with Gasteiger partial charge in [0.1, 0.15) is 90.4 Å². The number of nitrogens with one attached hydrogen (secondary N) is 4. The molecule has 0 radical (unpaired) electrons. The minimum Gasteiger partial charge on any atom is -0.411 e. The Hall–Kier alpha value is -10.1. The van der Waals surface area contributed by atoms with Gasteiger partial charge in [-0.15, -0.1) is 12.4 Å². The minimum atomic E-state index is -1.58. The topological polar surface area (TPSA) is 531 Å². The van der Waals surface area contributed by atoms with Gasteiger partial charge >= 0.3 is 0 Å². The number of aromatic nitrogens is 8. The van der Waals surface area contributed by atoms with E-state index < -0.39 is 111 Å². The van der Waals surface area contributed by atoms with Crippen molar-refractivity contribution in [3.05, 3.63) is 286 Å². The van der Waals surface area contributed by atoms with E-state index in [0.29, 0.717) is 23.1 Å². The second-order valence-corrected chi connectivity index (χ2v) is 23.8. The number of H-pyrrole nitrogens is 4. The highest BCUT2D eigenvalue weighted by atomic mass is 35.5. The number of carbonyl (C=O) groups excluding carboxylic acids is 1. The lowest BCUT2D eigenvalue weighted by atomic mass is 9.80. The fourth-order valence-electron chi connectivity index (χ4n) is 10.4. The number of aliphatic hydroxyl groups is 16. The van der Waals surface area contributed by atoms with Crippen LogP contribution in [0.1, 0.15) is 136 Å². The average molecular weight is 1490 g/mol. The van der Waals surface area contributed by atoms with Crippen molar-refractivity contribution in [1.29, 1.82) is 0 Å². The third kappa shape index (κ3) is 21.1. The molecule has 21 N–H and O–H groups in total. The zero-order chi connectivity index (χ0) is 76.4. The molecule has 6 aromatic carbocycles. The molecule has 0 spiro atoms. The van der Waals surface area contributed by atoms with Crippen molar-refractivity contribution in [2.45, 2.75) is 112 Å². The highest BCUT2D eigenvalue weighted by molar-refractivity contribution is 5.96. The SMILES string of the molecule is C/C(=N\O)c1ncc([C@@H](O)[C@H](O)[C@H](O)CO)[nH]1.C/C(=N\OC(c1ccccc1)(c1ccccc1)c1ccccc1)c1ncc([C@@H](O)[C@H](O)[C@H](O)CO)[nH]1.C/C(=N\OC(c1ccccc1)(c1ccccc1)c1ccccc1)c1ncc([C@@H](O)[C@H](O)[C@H](O)CO)[nH]1.CC(=O)c1ncc([C@@H](O)[C@H](O)[C@H](O)CO)[nH]1.Cl. The molecule has 0 amide bonds. The Morgan fingerprint density at radius 1 is 0.349 bits per heavy atom. The number of imidazole rings is 4. The molecule has 0 fully saturated rings. The molecular weight excluding hydrogens is 1400 g/mol. The van der Waals surface area contributed by atoms with Crippen molar-refractivity contribution >= 4 is 35.3 Å². The zero-order valence-corrected chi connectivity index (χ0v) is 58.6. The number of hydrogen-bond donors (Lipinski definition) is 21. The number of aliphatic hydroxyl groups excluding tert-OH is 16. The predicted molar refractivity (Wildman–Crippen MR) is 387 cm³/mol. The number of benzene rings is 6. The van der Waals surface area contributed by atoms with Gasteiger partial charge in [-0.05, 0) is 20.8 Å². The molecule has 0 aliphatic heterocycles. The van der Waals surface area contributed by atoms with Crippen LogP contribution in [0.4, 0.5) is 0 Å². The number of oxime groups is 3. The molecule has 0 aliphatic carbocycles. The van der Waals surface area contributed by atoms with Crippen LogP contribution >= 0.6 is 12.4 Å². The van der Waals surface area contributed by atoms with Gasteiger partial charge in [0, 0.05) is 40.3 Å². The first kappa shape index (κ1) is 84.8. The minimum absolute atomic E-state index is 0. The summed E-state index contributed by atoms with van der Waals surface area (Å²) in [6, 6.07) is 58.8. The van der Waals surface area contributed by atoms with E-state index >= 15 is 0 Å². The number of nitrogens with zero attached hydrogens (tertiary/aromatic N) is 7. The Morgan fingerprint density at radius 3 is 0.736 bits per heavy atom. The molecule has 32 heteroatoms. The molecule has 0 bridgehead atoms. The molecule has 4 aromatic heterocycles. The Balaban J connectivity index is 0.000000235. The van der Waals surface area contributed by atoms with E-state index in [1.54, 1.807) is 13.8 Å². The molecule has 10 rings (SSSR count). The summed E-state index contributed by atoms with van der Waals surface area (Å²) in [5.41, 5.74) is 4.79. The van der Waals surface area contributed by atoms with E-state index in [2.05, 4.69) is 55.3 Å². The maximum absolute atomic E-state index is 10.9. The van der Waals surface area contributed by atoms with Crippen LogP contribution in [0, 0.1) is 0 Å². The first-order chi connectivity index (χ1) is 50.4. The summed E-state index contributed by atoms with van der Waals surface area (Å²) in [5.74, 6) is 0.610. The normalized spacial score (nSPS) is 15.4. The van der Waals surface area contributed by atoms with Crippen molar-refractivity contribution in [2.24, 2.45) is 15.5 Å². The predicted octanol–water partition coefficient (Wildman–Crippen LogP) is 2.92. The Labute approximate surface area is 614 Å². The van der Waals surface area contributed by atoms with E-state index in [0.717, 1.165) is 33.4 Å². The second kappa shape index (κ2) is 41.0. The van der Waals surface area contributed by atoms with Crippen molar-refractivity contribution in [1.82, 2.24) is 39.9 Å². The highest BCUT2D eigenvalue weighted by Crippen LogP contribution is 2.42. The molecule has 10 aromatic rings. The van der Waals surface area contributed by atoms with Crippen LogP contribution in [-0.2, 0) is 20.9 Å². The van der Waals surface area contributed by atoms with E-state index in [9.17, 15) is 55.9 Å². The quantitative estimate of drug-likeness (QED) is 0.0101. The molecule has 4 heterocycles. The summed E-state index contributed by atoms with van der Waals surface area (Å²) in [7, 11) is 0. The zero-order valence-electron chi connectivity index (χ0n) is 57.8. The third-order valence-electron chi connectivity index (χ3n) is 16.5. The molecule has 0 saturated carbocycles. The van der Waals surface area contributed by atoms with Gasteiger partial charge in [0.15, 0.2) is 29.1 Å². The number of rotatable bonds is 30. The molecular formula is C74H88ClN11O20. The van der Waals surface area contributed by atoms with Crippen LogP contribution in [0.15, 0.2) is 222 Å². The van der Waals surface area contributed by atoms with E-state index in [4.69, 9.17) is 45.5 Å². The molecule has 0 unspecified atom stereocenters. The molecule has 566 valence electrons. The summed E-state index contributed by atoms with van der Waals surface area (Å²) in [5, 5.41) is 172. The third-order valence-corrected chi connectivity index (χ3v) is 16.5. The highest BCUT2D eigenvalue weighted by Gasteiger charge is 2.42. The van der Waals surface area contributed by atoms with Crippen LogP contribution in [0.2, 0.25) is 0 Å². The molecule has 31 nitrogen and oxygen atoms in total. The van der Waals surface area contributed by atoms with E-state index in [1.165, 1.54) is 38.6 Å². The summed E-state index contributed by atoms with van der Waals surface area (Å²) < 4.78 is 0. The van der Waals surface area contributed by atoms with Crippen molar-refractivity contribution in [3.8, 4) is 0 Å². The van der Waals surface area contributed by atoms with Gasteiger partial charge in [0.05, 0.1) is 74.0 Å². The van der Waals surface area contributed by atoms with Crippen LogP contribution in [-0.4, -0.2) is 225 Å². The lowest BCUT2D eigenvalue weighted by Crippen LogP contribution is -2.34.